The van der Waals surface area contributed by atoms with Crippen molar-refractivity contribution in [2.24, 2.45) is 11.0 Å². The molecule has 0 saturated carbocycles. The van der Waals surface area contributed by atoms with Crippen molar-refractivity contribution < 1.29 is 19.1 Å². The molecule has 2 aromatic rings. The number of ketones is 1. The van der Waals surface area contributed by atoms with Crippen LogP contribution in [-0.2, 0) is 0 Å². The highest BCUT2D eigenvalue weighted by molar-refractivity contribution is 6.02. The average molecular weight is 380 g/mol. The number of Topliss-reactive ketones (excluding diaryl/α,β-unsaturated/α-hetero) is 1. The molecule has 1 amide bonds. The summed E-state index contributed by atoms with van der Waals surface area (Å²) in [6.07, 6.45) is 1.67. The first-order chi connectivity index (χ1) is 13.5. The summed E-state index contributed by atoms with van der Waals surface area (Å²) in [5.41, 5.74) is 5.18. The summed E-state index contributed by atoms with van der Waals surface area (Å²) >= 11 is 0. The Hall–Kier alpha value is -3.15. The van der Waals surface area contributed by atoms with E-state index in [4.69, 9.17) is 9.47 Å². The average Bonchev–Trinajstić information content (AvgIpc) is 3.20. The van der Waals surface area contributed by atoms with Crippen LogP contribution in [0.5, 0.6) is 11.5 Å². The van der Waals surface area contributed by atoms with Gasteiger partial charge in [-0.25, -0.2) is 5.43 Å². The first kappa shape index (κ1) is 19.6. The molecular formula is C22H24N2O4. The second kappa shape index (κ2) is 8.69. The van der Waals surface area contributed by atoms with Crippen molar-refractivity contribution in [2.75, 3.05) is 6.79 Å². The quantitative estimate of drug-likeness (QED) is 0.444. The van der Waals surface area contributed by atoms with Crippen LogP contribution in [0.1, 0.15) is 59.9 Å². The molecule has 3 rings (SSSR count). The number of carbonyl (C=O) groups is 2. The van der Waals surface area contributed by atoms with Crippen LogP contribution in [0.2, 0.25) is 0 Å². The Balaban J connectivity index is 1.66. The van der Waals surface area contributed by atoms with E-state index in [2.05, 4.69) is 10.5 Å². The maximum atomic E-state index is 12.4. The number of hydrazone groups is 1. The minimum atomic E-state index is -0.335. The minimum Gasteiger partial charge on any atom is -0.454 e. The number of amides is 1. The van der Waals surface area contributed by atoms with Gasteiger partial charge in [0.05, 0.1) is 5.71 Å². The molecule has 0 bridgehead atoms. The Kier molecular flexibility index (Phi) is 6.09. The predicted molar refractivity (Wildman–Crippen MR) is 107 cm³/mol. The number of hydrogen-bond acceptors (Lipinski definition) is 5. The van der Waals surface area contributed by atoms with E-state index in [1.54, 1.807) is 25.1 Å². The summed E-state index contributed by atoms with van der Waals surface area (Å²) in [6.45, 7) is 6.02. The predicted octanol–water partition coefficient (Wildman–Crippen LogP) is 4.19. The molecule has 6 nitrogen and oxygen atoms in total. The molecule has 0 aliphatic carbocycles. The lowest BCUT2D eigenvalue weighted by Crippen LogP contribution is -2.19. The van der Waals surface area contributed by atoms with Gasteiger partial charge in [0.1, 0.15) is 0 Å². The number of nitrogens with zero attached hydrogens (tertiary/aromatic N) is 1. The number of carbonyl (C=O) groups excluding carboxylic acids is 2. The molecule has 28 heavy (non-hydrogen) atoms. The van der Waals surface area contributed by atoms with Crippen LogP contribution >= 0.6 is 0 Å². The largest absolute Gasteiger partial charge is 0.454 e. The van der Waals surface area contributed by atoms with E-state index in [1.165, 1.54) is 0 Å². The highest BCUT2D eigenvalue weighted by Crippen LogP contribution is 2.32. The zero-order valence-electron chi connectivity index (χ0n) is 16.3. The first-order valence-electron chi connectivity index (χ1n) is 9.42. The Labute approximate surface area is 164 Å². The van der Waals surface area contributed by atoms with Crippen LogP contribution in [0.4, 0.5) is 0 Å². The van der Waals surface area contributed by atoms with Gasteiger partial charge in [0.15, 0.2) is 17.3 Å². The molecule has 0 aromatic heterocycles. The van der Waals surface area contributed by atoms with E-state index < -0.39 is 0 Å². The minimum absolute atomic E-state index is 0.0570. The summed E-state index contributed by atoms with van der Waals surface area (Å²) in [5.74, 6) is 1.06. The van der Waals surface area contributed by atoms with Crippen LogP contribution in [0.25, 0.3) is 0 Å². The molecule has 146 valence electrons. The lowest BCUT2D eigenvalue weighted by atomic mass is 9.92. The van der Waals surface area contributed by atoms with Crippen LogP contribution < -0.4 is 14.9 Å². The summed E-state index contributed by atoms with van der Waals surface area (Å²) in [6, 6.07) is 12.3. The van der Waals surface area contributed by atoms with E-state index >= 15 is 0 Å². The molecule has 1 aliphatic rings. The zero-order chi connectivity index (χ0) is 20.1. The fraction of sp³-hybridized carbons (Fsp3) is 0.318. The third-order valence-corrected chi connectivity index (χ3v) is 4.90. The Morgan fingerprint density at radius 1 is 0.964 bits per heavy atom. The van der Waals surface area contributed by atoms with Gasteiger partial charge in [-0.2, -0.15) is 5.10 Å². The maximum Gasteiger partial charge on any atom is 0.271 e. The molecule has 0 unspecified atom stereocenters. The van der Waals surface area contributed by atoms with E-state index in [0.29, 0.717) is 28.3 Å². The van der Waals surface area contributed by atoms with E-state index in [1.807, 2.05) is 38.1 Å². The third kappa shape index (κ3) is 4.22. The SMILES string of the molecule is CCC(CC)C(=O)c1ccc(C(C)=NNC(=O)c2ccc3c(c2)OCO3)cc1. The second-order valence-electron chi connectivity index (χ2n) is 6.66. The van der Waals surface area contributed by atoms with Crippen LogP contribution in [0.3, 0.4) is 0 Å². The van der Waals surface area contributed by atoms with Crippen molar-refractivity contribution in [3.05, 3.63) is 59.2 Å². The molecule has 0 atom stereocenters. The standard InChI is InChI=1S/C22H24N2O4/c1-4-15(5-2)21(25)17-8-6-16(7-9-17)14(3)23-24-22(26)18-10-11-19-20(12-18)28-13-27-19/h6-12,15H,4-5,13H2,1-3H3,(H,24,26). The lowest BCUT2D eigenvalue weighted by Gasteiger charge is -2.11. The topological polar surface area (TPSA) is 77.0 Å². The highest BCUT2D eigenvalue weighted by Gasteiger charge is 2.17. The molecule has 0 spiro atoms. The van der Waals surface area contributed by atoms with Gasteiger partial charge in [0.25, 0.3) is 5.91 Å². The molecule has 0 saturated heterocycles. The van der Waals surface area contributed by atoms with Gasteiger partial charge in [-0.1, -0.05) is 38.1 Å². The Morgan fingerprint density at radius 3 is 2.25 bits per heavy atom. The number of nitrogens with one attached hydrogen (secondary N) is 1. The monoisotopic (exact) mass is 380 g/mol. The summed E-state index contributed by atoms with van der Waals surface area (Å²) in [5, 5.41) is 4.17. The summed E-state index contributed by atoms with van der Waals surface area (Å²) in [4.78, 5) is 24.7. The van der Waals surface area contributed by atoms with Gasteiger partial charge in [-0.15, -0.1) is 0 Å². The zero-order valence-corrected chi connectivity index (χ0v) is 16.3. The van der Waals surface area contributed by atoms with Gasteiger partial charge in [-0.3, -0.25) is 9.59 Å². The fourth-order valence-electron chi connectivity index (χ4n) is 3.07. The van der Waals surface area contributed by atoms with Gasteiger partial charge >= 0.3 is 0 Å². The van der Waals surface area contributed by atoms with Gasteiger partial charge in [-0.05, 0) is 43.5 Å². The Bertz CT molecular complexity index is 899. The van der Waals surface area contributed by atoms with E-state index in [9.17, 15) is 9.59 Å². The normalized spacial score (nSPS) is 12.9. The van der Waals surface area contributed by atoms with Crippen molar-refractivity contribution in [3.63, 3.8) is 0 Å². The molecule has 0 radical (unpaired) electrons. The smallest absolute Gasteiger partial charge is 0.271 e. The van der Waals surface area contributed by atoms with E-state index in [0.717, 1.165) is 18.4 Å². The van der Waals surface area contributed by atoms with Gasteiger partial charge in [0.2, 0.25) is 6.79 Å². The van der Waals surface area contributed by atoms with Crippen molar-refractivity contribution in [2.45, 2.75) is 33.6 Å². The van der Waals surface area contributed by atoms with Crippen molar-refractivity contribution in [3.8, 4) is 11.5 Å². The highest BCUT2D eigenvalue weighted by atomic mass is 16.7. The number of benzene rings is 2. The molecule has 1 N–H and O–H groups in total. The molecular weight excluding hydrogens is 356 g/mol. The van der Waals surface area contributed by atoms with E-state index in [-0.39, 0.29) is 24.4 Å². The third-order valence-electron chi connectivity index (χ3n) is 4.90. The fourth-order valence-corrected chi connectivity index (χ4v) is 3.07. The van der Waals surface area contributed by atoms with Crippen LogP contribution in [0, 0.1) is 5.92 Å². The number of rotatable bonds is 7. The summed E-state index contributed by atoms with van der Waals surface area (Å²) < 4.78 is 10.5. The molecule has 1 heterocycles. The molecule has 0 fully saturated rings. The number of ether oxygens (including phenoxy) is 2. The maximum absolute atomic E-state index is 12.4. The van der Waals surface area contributed by atoms with Crippen LogP contribution in [0.15, 0.2) is 47.6 Å². The number of hydrogen-bond donors (Lipinski definition) is 1. The molecule has 2 aromatic carbocycles. The van der Waals surface area contributed by atoms with Crippen molar-refractivity contribution in [1.29, 1.82) is 0 Å². The van der Waals surface area contributed by atoms with Gasteiger partial charge < -0.3 is 9.47 Å². The van der Waals surface area contributed by atoms with Crippen molar-refractivity contribution >= 4 is 17.4 Å². The Morgan fingerprint density at radius 2 is 1.57 bits per heavy atom. The second-order valence-corrected chi connectivity index (χ2v) is 6.66. The molecule has 6 heteroatoms. The summed E-state index contributed by atoms with van der Waals surface area (Å²) in [7, 11) is 0. The van der Waals surface area contributed by atoms with Crippen molar-refractivity contribution in [1.82, 2.24) is 5.43 Å². The first-order valence-corrected chi connectivity index (χ1v) is 9.42. The molecule has 1 aliphatic heterocycles. The van der Waals surface area contributed by atoms with Crippen LogP contribution in [-0.4, -0.2) is 24.2 Å². The van der Waals surface area contributed by atoms with Gasteiger partial charge in [0, 0.05) is 17.0 Å². The number of fused-ring (bicyclic) bond motifs is 1. The lowest BCUT2D eigenvalue weighted by molar-refractivity contribution is 0.0912.